The van der Waals surface area contributed by atoms with Crippen LogP contribution in [0.4, 0.5) is 0 Å². The largest absolute Gasteiger partial charge is 0.493 e. The molecule has 3 unspecified atom stereocenters. The highest BCUT2D eigenvalue weighted by atomic mass is 32.2. The molecule has 3 heterocycles. The van der Waals surface area contributed by atoms with Crippen LogP contribution in [0.25, 0.3) is 0 Å². The second kappa shape index (κ2) is 9.28. The van der Waals surface area contributed by atoms with Gasteiger partial charge in [-0.15, -0.1) is 23.5 Å². The summed E-state index contributed by atoms with van der Waals surface area (Å²) in [5.74, 6) is 3.18. The van der Waals surface area contributed by atoms with Crippen molar-refractivity contribution in [1.29, 1.82) is 0 Å². The van der Waals surface area contributed by atoms with Gasteiger partial charge in [0.25, 0.3) is 0 Å². The fourth-order valence-electron chi connectivity index (χ4n) is 4.08. The summed E-state index contributed by atoms with van der Waals surface area (Å²) in [4.78, 5) is 26.8. The Morgan fingerprint density at radius 3 is 3.03 bits per heavy atom. The molecule has 1 N–H and O–H groups in total. The van der Waals surface area contributed by atoms with Gasteiger partial charge < -0.3 is 24.4 Å². The van der Waals surface area contributed by atoms with Gasteiger partial charge in [-0.05, 0) is 37.5 Å². The Labute approximate surface area is 185 Å². The Hall–Kier alpha value is -1.58. The Morgan fingerprint density at radius 1 is 1.40 bits per heavy atom. The number of carbonyl (C=O) groups excluding carboxylic acids is 2. The Morgan fingerprint density at radius 2 is 2.27 bits per heavy atom. The standard InChI is InChI=1S/C21H28N2O5S2/c1-21-13-29-12-19(24)23(21)16(11-30-21)20(25)22-9-14-5-6-17(18(8-14)26-2)28-10-15-4-3-7-27-15/h5-6,8,15-16H,3-4,7,9-13H2,1-2H3,(H,22,25). The Balaban J connectivity index is 1.35. The average molecular weight is 453 g/mol. The van der Waals surface area contributed by atoms with Crippen molar-refractivity contribution in [2.24, 2.45) is 0 Å². The van der Waals surface area contributed by atoms with Gasteiger partial charge in [-0.3, -0.25) is 9.59 Å². The van der Waals surface area contributed by atoms with E-state index in [0.29, 0.717) is 36.2 Å². The number of carbonyl (C=O) groups is 2. The number of methoxy groups -OCH3 is 1. The van der Waals surface area contributed by atoms with E-state index in [0.717, 1.165) is 30.8 Å². The fraction of sp³-hybridized carbons (Fsp3) is 0.619. The molecule has 1 aromatic carbocycles. The summed E-state index contributed by atoms with van der Waals surface area (Å²) in [7, 11) is 1.60. The monoisotopic (exact) mass is 452 g/mol. The third-order valence-corrected chi connectivity index (χ3v) is 8.53. The zero-order valence-corrected chi connectivity index (χ0v) is 19.0. The molecule has 4 rings (SSSR count). The smallest absolute Gasteiger partial charge is 0.243 e. The lowest BCUT2D eigenvalue weighted by Crippen LogP contribution is -2.57. The topological polar surface area (TPSA) is 77.1 Å². The van der Waals surface area contributed by atoms with E-state index in [1.165, 1.54) is 0 Å². The van der Waals surface area contributed by atoms with Gasteiger partial charge in [0.2, 0.25) is 11.8 Å². The number of nitrogens with one attached hydrogen (secondary N) is 1. The molecule has 3 atom stereocenters. The number of ether oxygens (including phenoxy) is 3. The van der Waals surface area contributed by atoms with Crippen molar-refractivity contribution in [2.75, 3.05) is 37.6 Å². The van der Waals surface area contributed by atoms with E-state index in [-0.39, 0.29) is 22.8 Å². The minimum Gasteiger partial charge on any atom is -0.493 e. The molecule has 3 fully saturated rings. The summed E-state index contributed by atoms with van der Waals surface area (Å²) >= 11 is 3.33. The molecule has 0 saturated carbocycles. The summed E-state index contributed by atoms with van der Waals surface area (Å²) < 4.78 is 16.9. The molecule has 3 aliphatic heterocycles. The van der Waals surface area contributed by atoms with Crippen LogP contribution in [-0.2, 0) is 20.9 Å². The maximum Gasteiger partial charge on any atom is 0.243 e. The van der Waals surface area contributed by atoms with Crippen LogP contribution in [0.5, 0.6) is 11.5 Å². The highest BCUT2D eigenvalue weighted by molar-refractivity contribution is 8.04. The van der Waals surface area contributed by atoms with Gasteiger partial charge in [0.1, 0.15) is 12.6 Å². The van der Waals surface area contributed by atoms with Gasteiger partial charge in [-0.1, -0.05) is 6.07 Å². The van der Waals surface area contributed by atoms with E-state index in [1.54, 1.807) is 35.5 Å². The van der Waals surface area contributed by atoms with E-state index < -0.39 is 6.04 Å². The molecule has 164 valence electrons. The van der Waals surface area contributed by atoms with E-state index in [1.807, 2.05) is 18.2 Å². The molecule has 0 radical (unpaired) electrons. The van der Waals surface area contributed by atoms with Gasteiger partial charge in [0.05, 0.1) is 23.8 Å². The minimum atomic E-state index is -0.413. The first kappa shape index (κ1) is 21.6. The first-order valence-electron chi connectivity index (χ1n) is 10.2. The third kappa shape index (κ3) is 4.53. The first-order chi connectivity index (χ1) is 14.5. The predicted octanol–water partition coefficient (Wildman–Crippen LogP) is 2.28. The van der Waals surface area contributed by atoms with Crippen molar-refractivity contribution in [1.82, 2.24) is 10.2 Å². The molecule has 7 nitrogen and oxygen atoms in total. The lowest BCUT2D eigenvalue weighted by Gasteiger charge is -2.40. The molecule has 30 heavy (non-hydrogen) atoms. The summed E-state index contributed by atoms with van der Waals surface area (Å²) in [6, 6.07) is 5.25. The lowest BCUT2D eigenvalue weighted by atomic mass is 10.1. The number of nitrogens with zero attached hydrogens (tertiary/aromatic N) is 1. The van der Waals surface area contributed by atoms with Crippen LogP contribution in [0.15, 0.2) is 18.2 Å². The van der Waals surface area contributed by atoms with Gasteiger partial charge >= 0.3 is 0 Å². The van der Waals surface area contributed by atoms with Crippen LogP contribution in [0, 0.1) is 0 Å². The van der Waals surface area contributed by atoms with Crippen LogP contribution in [-0.4, -0.2) is 71.3 Å². The van der Waals surface area contributed by atoms with E-state index in [9.17, 15) is 9.59 Å². The van der Waals surface area contributed by atoms with Crippen LogP contribution >= 0.6 is 23.5 Å². The lowest BCUT2D eigenvalue weighted by molar-refractivity contribution is -0.140. The summed E-state index contributed by atoms with van der Waals surface area (Å²) in [6.07, 6.45) is 2.23. The highest BCUT2D eigenvalue weighted by Gasteiger charge is 2.51. The molecule has 0 bridgehead atoms. The average Bonchev–Trinajstić information content (AvgIpc) is 3.38. The van der Waals surface area contributed by atoms with Crippen molar-refractivity contribution >= 4 is 35.3 Å². The molecule has 9 heteroatoms. The zero-order chi connectivity index (χ0) is 21.1. The zero-order valence-electron chi connectivity index (χ0n) is 17.3. The molecular weight excluding hydrogens is 424 g/mol. The van der Waals surface area contributed by atoms with Gasteiger partial charge in [0.15, 0.2) is 11.5 Å². The molecule has 0 aromatic heterocycles. The summed E-state index contributed by atoms with van der Waals surface area (Å²) in [6.45, 7) is 3.72. The normalized spacial score (nSPS) is 28.3. The number of rotatable bonds is 7. The summed E-state index contributed by atoms with van der Waals surface area (Å²) in [5.41, 5.74) is 0.915. The maximum atomic E-state index is 12.8. The number of benzene rings is 1. The van der Waals surface area contributed by atoms with Crippen LogP contribution < -0.4 is 14.8 Å². The second-order valence-electron chi connectivity index (χ2n) is 7.91. The van der Waals surface area contributed by atoms with Crippen molar-refractivity contribution < 1.29 is 23.8 Å². The summed E-state index contributed by atoms with van der Waals surface area (Å²) in [5, 5.41) is 2.99. The molecule has 0 aliphatic carbocycles. The molecule has 0 spiro atoms. The van der Waals surface area contributed by atoms with Gasteiger partial charge in [-0.25, -0.2) is 0 Å². The molecule has 3 saturated heterocycles. The van der Waals surface area contributed by atoms with Gasteiger partial charge in [0, 0.05) is 24.7 Å². The van der Waals surface area contributed by atoms with E-state index in [4.69, 9.17) is 14.2 Å². The number of hydrogen-bond donors (Lipinski definition) is 1. The van der Waals surface area contributed by atoms with Crippen LogP contribution in [0.1, 0.15) is 25.3 Å². The number of hydrogen-bond acceptors (Lipinski definition) is 7. The van der Waals surface area contributed by atoms with Crippen molar-refractivity contribution in [3.63, 3.8) is 0 Å². The minimum absolute atomic E-state index is 0.0494. The van der Waals surface area contributed by atoms with E-state index in [2.05, 4.69) is 12.2 Å². The van der Waals surface area contributed by atoms with Crippen molar-refractivity contribution in [2.45, 2.75) is 43.3 Å². The fourth-order valence-corrected chi connectivity index (χ4v) is 6.78. The van der Waals surface area contributed by atoms with Crippen molar-refractivity contribution in [3.05, 3.63) is 23.8 Å². The van der Waals surface area contributed by atoms with Gasteiger partial charge in [-0.2, -0.15) is 0 Å². The third-order valence-electron chi connectivity index (χ3n) is 5.68. The number of fused-ring (bicyclic) bond motifs is 1. The second-order valence-corrected chi connectivity index (χ2v) is 10.4. The quantitative estimate of drug-likeness (QED) is 0.680. The molecular formula is C21H28N2O5S2. The van der Waals surface area contributed by atoms with Crippen LogP contribution in [0.3, 0.4) is 0 Å². The SMILES string of the molecule is COc1cc(CNC(=O)C2CSC3(C)CSCC(=O)N23)ccc1OCC1CCCO1. The first-order valence-corrected chi connectivity index (χ1v) is 12.4. The predicted molar refractivity (Wildman–Crippen MR) is 118 cm³/mol. The maximum absolute atomic E-state index is 12.8. The Bertz CT molecular complexity index is 802. The highest BCUT2D eigenvalue weighted by Crippen LogP contribution is 2.44. The van der Waals surface area contributed by atoms with E-state index >= 15 is 0 Å². The van der Waals surface area contributed by atoms with Crippen LogP contribution in [0.2, 0.25) is 0 Å². The Kier molecular flexibility index (Phi) is 6.69. The molecule has 1 aromatic rings. The van der Waals surface area contributed by atoms with Crippen molar-refractivity contribution in [3.8, 4) is 11.5 Å². The molecule has 2 amide bonds. The number of amides is 2. The molecule has 3 aliphatic rings. The number of thioether (sulfide) groups is 2.